The summed E-state index contributed by atoms with van der Waals surface area (Å²) in [5, 5.41) is 19.8. The Balaban J connectivity index is 2.08. The van der Waals surface area contributed by atoms with Gasteiger partial charge in [-0.15, -0.1) is 0 Å². The number of nitrogens with two attached hydrogens (primary N) is 1. The van der Waals surface area contributed by atoms with E-state index >= 15 is 0 Å². The molecule has 1 unspecified atom stereocenters. The monoisotopic (exact) mass is 281 g/mol. The van der Waals surface area contributed by atoms with Crippen LogP contribution in [0.1, 0.15) is 12.8 Å². The van der Waals surface area contributed by atoms with E-state index in [1.807, 2.05) is 0 Å². The van der Waals surface area contributed by atoms with Crippen molar-refractivity contribution in [2.24, 2.45) is 11.7 Å². The molecule has 1 atom stereocenters. The van der Waals surface area contributed by atoms with E-state index in [-0.39, 0.29) is 29.0 Å². The van der Waals surface area contributed by atoms with Gasteiger partial charge in [-0.3, -0.25) is 10.1 Å². The van der Waals surface area contributed by atoms with Gasteiger partial charge in [0, 0.05) is 12.1 Å². The Morgan fingerprint density at radius 1 is 1.63 bits per heavy atom. The second-order valence-electron chi connectivity index (χ2n) is 4.59. The molecule has 2 rings (SSSR count). The van der Waals surface area contributed by atoms with Gasteiger partial charge in [-0.25, -0.2) is 0 Å². The molecule has 0 spiro atoms. The number of nitro groups is 1. The van der Waals surface area contributed by atoms with Gasteiger partial charge in [-0.05, 0) is 24.8 Å². The summed E-state index contributed by atoms with van der Waals surface area (Å²) in [6.07, 6.45) is 1.84. The largest absolute Gasteiger partial charge is 0.489 e. The van der Waals surface area contributed by atoms with Crippen molar-refractivity contribution in [3.63, 3.8) is 0 Å². The standard InChI is InChI=1S/C12H12ClN3O3/c13-10-5-9(16(17)18)3-4-11(10)19-7-12(15,6-14)8-1-2-8/h3-5,8H,1-2,7,15H2. The fraction of sp³-hybridized carbons (Fsp3) is 0.417. The van der Waals surface area contributed by atoms with E-state index in [1.165, 1.54) is 18.2 Å². The Morgan fingerprint density at radius 2 is 2.32 bits per heavy atom. The van der Waals surface area contributed by atoms with Crippen molar-refractivity contribution in [1.82, 2.24) is 0 Å². The molecule has 0 saturated heterocycles. The van der Waals surface area contributed by atoms with Crippen LogP contribution in [0.3, 0.4) is 0 Å². The van der Waals surface area contributed by atoms with Crippen molar-refractivity contribution < 1.29 is 9.66 Å². The fourth-order valence-electron chi connectivity index (χ4n) is 1.76. The molecule has 1 aromatic rings. The first-order valence-corrected chi connectivity index (χ1v) is 6.11. The minimum Gasteiger partial charge on any atom is -0.489 e. The van der Waals surface area contributed by atoms with E-state index in [2.05, 4.69) is 6.07 Å². The van der Waals surface area contributed by atoms with Crippen molar-refractivity contribution in [3.05, 3.63) is 33.3 Å². The van der Waals surface area contributed by atoms with E-state index in [0.29, 0.717) is 0 Å². The summed E-state index contributed by atoms with van der Waals surface area (Å²) in [6.45, 7) is 0.0195. The Bertz CT molecular complexity index is 554. The van der Waals surface area contributed by atoms with E-state index in [0.717, 1.165) is 12.8 Å². The summed E-state index contributed by atoms with van der Waals surface area (Å²) in [6, 6.07) is 5.97. The summed E-state index contributed by atoms with van der Waals surface area (Å²) < 4.78 is 5.43. The quantitative estimate of drug-likeness (QED) is 0.659. The number of non-ortho nitro benzene ring substituents is 1. The summed E-state index contributed by atoms with van der Waals surface area (Å²) in [7, 11) is 0. The number of rotatable bonds is 5. The third-order valence-corrected chi connectivity index (χ3v) is 3.40. The normalized spacial score (nSPS) is 17.3. The van der Waals surface area contributed by atoms with Crippen LogP contribution in [0.25, 0.3) is 0 Å². The molecular weight excluding hydrogens is 270 g/mol. The number of halogens is 1. The third-order valence-electron chi connectivity index (χ3n) is 3.11. The highest BCUT2D eigenvalue weighted by Crippen LogP contribution is 2.38. The lowest BCUT2D eigenvalue weighted by Gasteiger charge is -2.21. The van der Waals surface area contributed by atoms with Crippen molar-refractivity contribution in [1.29, 1.82) is 5.26 Å². The number of hydrogen-bond donors (Lipinski definition) is 1. The highest BCUT2D eigenvalue weighted by molar-refractivity contribution is 6.32. The van der Waals surface area contributed by atoms with Crippen molar-refractivity contribution in [2.75, 3.05) is 6.61 Å². The van der Waals surface area contributed by atoms with Gasteiger partial charge in [0.05, 0.1) is 16.0 Å². The zero-order chi connectivity index (χ0) is 14.0. The zero-order valence-corrected chi connectivity index (χ0v) is 10.8. The Hall–Kier alpha value is -1.84. The lowest BCUT2D eigenvalue weighted by molar-refractivity contribution is -0.384. The van der Waals surface area contributed by atoms with Crippen molar-refractivity contribution >= 4 is 17.3 Å². The second-order valence-corrected chi connectivity index (χ2v) is 4.99. The van der Waals surface area contributed by atoms with Gasteiger partial charge in [0.25, 0.3) is 5.69 Å². The molecule has 7 heteroatoms. The second kappa shape index (κ2) is 5.03. The van der Waals surface area contributed by atoms with E-state index in [1.54, 1.807) is 0 Å². The van der Waals surface area contributed by atoms with E-state index < -0.39 is 10.5 Å². The number of ether oxygens (including phenoxy) is 1. The molecule has 0 aromatic heterocycles. The first-order chi connectivity index (χ1) is 8.96. The lowest BCUT2D eigenvalue weighted by Crippen LogP contribution is -2.46. The van der Waals surface area contributed by atoms with Gasteiger partial charge in [0.1, 0.15) is 17.9 Å². The summed E-state index contributed by atoms with van der Waals surface area (Å²) >= 11 is 5.89. The van der Waals surface area contributed by atoms with Crippen LogP contribution >= 0.6 is 11.6 Å². The highest BCUT2D eigenvalue weighted by atomic mass is 35.5. The highest BCUT2D eigenvalue weighted by Gasteiger charge is 2.43. The Morgan fingerprint density at radius 3 is 2.79 bits per heavy atom. The molecule has 100 valence electrons. The summed E-state index contributed by atoms with van der Waals surface area (Å²) in [5.74, 6) is 0.437. The van der Waals surface area contributed by atoms with E-state index in [4.69, 9.17) is 27.3 Å². The molecule has 0 bridgehead atoms. The van der Waals surface area contributed by atoms with Crippen LogP contribution in [-0.4, -0.2) is 17.1 Å². The van der Waals surface area contributed by atoms with Crippen LogP contribution in [0.5, 0.6) is 5.75 Å². The predicted molar refractivity (Wildman–Crippen MR) is 68.9 cm³/mol. The topological polar surface area (TPSA) is 102 Å². The molecule has 2 N–H and O–H groups in total. The molecule has 1 aliphatic carbocycles. The molecule has 0 heterocycles. The van der Waals surface area contributed by atoms with Crippen LogP contribution in [-0.2, 0) is 0 Å². The van der Waals surface area contributed by atoms with Gasteiger partial charge >= 0.3 is 0 Å². The molecule has 0 aliphatic heterocycles. The van der Waals surface area contributed by atoms with Crippen molar-refractivity contribution in [3.8, 4) is 11.8 Å². The van der Waals surface area contributed by atoms with Gasteiger partial charge in [0.15, 0.2) is 0 Å². The van der Waals surface area contributed by atoms with Crippen LogP contribution in [0.4, 0.5) is 5.69 Å². The van der Waals surface area contributed by atoms with Gasteiger partial charge in [-0.1, -0.05) is 11.6 Å². The first-order valence-electron chi connectivity index (χ1n) is 5.73. The smallest absolute Gasteiger partial charge is 0.271 e. The maximum atomic E-state index is 10.6. The number of hydrogen-bond acceptors (Lipinski definition) is 5. The van der Waals surface area contributed by atoms with Crippen LogP contribution < -0.4 is 10.5 Å². The average molecular weight is 282 g/mol. The molecule has 1 saturated carbocycles. The maximum absolute atomic E-state index is 10.6. The van der Waals surface area contributed by atoms with Crippen LogP contribution in [0.2, 0.25) is 5.02 Å². The number of nitrogens with zero attached hydrogens (tertiary/aromatic N) is 2. The van der Waals surface area contributed by atoms with Gasteiger partial charge in [-0.2, -0.15) is 5.26 Å². The van der Waals surface area contributed by atoms with Gasteiger partial charge in [0.2, 0.25) is 0 Å². The molecule has 19 heavy (non-hydrogen) atoms. The number of nitro benzene ring substituents is 1. The van der Waals surface area contributed by atoms with Crippen LogP contribution in [0.15, 0.2) is 18.2 Å². The average Bonchev–Trinajstić information content (AvgIpc) is 3.21. The molecule has 1 aromatic carbocycles. The molecule has 0 amide bonds. The molecule has 6 nitrogen and oxygen atoms in total. The minimum absolute atomic E-state index is 0.0195. The van der Waals surface area contributed by atoms with Crippen LogP contribution in [0, 0.1) is 27.4 Å². The van der Waals surface area contributed by atoms with Gasteiger partial charge < -0.3 is 10.5 Å². The SMILES string of the molecule is N#CC(N)(COc1ccc([N+](=O)[O-])cc1Cl)C1CC1. The maximum Gasteiger partial charge on any atom is 0.271 e. The Labute approximate surface area is 114 Å². The summed E-state index contributed by atoms with van der Waals surface area (Å²) in [4.78, 5) is 10.0. The minimum atomic E-state index is -1.02. The molecular formula is C12H12ClN3O3. The number of nitriles is 1. The molecule has 0 radical (unpaired) electrons. The van der Waals surface area contributed by atoms with E-state index in [9.17, 15) is 10.1 Å². The fourth-order valence-corrected chi connectivity index (χ4v) is 1.99. The van der Waals surface area contributed by atoms with Crippen molar-refractivity contribution in [2.45, 2.75) is 18.4 Å². The first kappa shape index (κ1) is 13.6. The molecule has 1 aliphatic rings. The predicted octanol–water partition coefficient (Wildman–Crippen LogP) is 2.26. The molecule has 1 fully saturated rings. The summed E-state index contributed by atoms with van der Waals surface area (Å²) in [5.41, 5.74) is 4.81. The zero-order valence-electron chi connectivity index (χ0n) is 10.0. The number of benzene rings is 1. The third kappa shape index (κ3) is 2.95. The lowest BCUT2D eigenvalue weighted by atomic mass is 9.98. The Kier molecular flexibility index (Phi) is 3.60.